The maximum atomic E-state index is 14.3. The van der Waals surface area contributed by atoms with Crippen LogP contribution in [0.3, 0.4) is 0 Å². The van der Waals surface area contributed by atoms with Gasteiger partial charge in [-0.05, 0) is 50.8 Å². The lowest BCUT2D eigenvalue weighted by molar-refractivity contribution is 0.0606. The van der Waals surface area contributed by atoms with E-state index < -0.39 is 21.7 Å². The van der Waals surface area contributed by atoms with Crippen molar-refractivity contribution in [3.8, 4) is 0 Å². The van der Waals surface area contributed by atoms with Crippen molar-refractivity contribution in [3.63, 3.8) is 0 Å². The van der Waals surface area contributed by atoms with Gasteiger partial charge in [0.05, 0.1) is 28.7 Å². The minimum absolute atomic E-state index is 0.0126. The molecule has 13 heteroatoms. The predicted octanol–water partition coefficient (Wildman–Crippen LogP) is 2.58. The number of nitrogens with zero attached hydrogens (tertiary/aromatic N) is 5. The summed E-state index contributed by atoms with van der Waals surface area (Å²) in [5, 5.41) is 8.13. The first-order chi connectivity index (χ1) is 18.3. The fraction of sp³-hybridized carbons (Fsp3) is 0.480. The van der Waals surface area contributed by atoms with Crippen molar-refractivity contribution in [2.24, 2.45) is 5.73 Å². The number of hydrogen-bond donors (Lipinski definition) is 3. The zero-order chi connectivity index (χ0) is 26.9. The standard InChI is InChI=1S/C25H33FN8O3S/c1-2-32-11-5-13-38(36,37)31-19-8-7-17(26)14-18(19)25(35)33-12-4-3-6-21(33)20-15-23-29-22(28-10-9-27)16-24(32)34(23)30-20/h7-8,14-16,21,31H,2-6,9-13,27H2,1H3,(H,28,29). The molecule has 5 rings (SSSR count). The third kappa shape index (κ3) is 5.25. The van der Waals surface area contributed by atoms with Crippen molar-refractivity contribution in [1.82, 2.24) is 19.5 Å². The minimum Gasteiger partial charge on any atom is -0.369 e. The molecule has 4 N–H and O–H groups in total. The number of piperidine rings is 1. The van der Waals surface area contributed by atoms with Crippen molar-refractivity contribution in [1.29, 1.82) is 0 Å². The minimum atomic E-state index is -3.80. The van der Waals surface area contributed by atoms with Crippen molar-refractivity contribution in [2.75, 3.05) is 53.4 Å². The van der Waals surface area contributed by atoms with Gasteiger partial charge in [0, 0.05) is 44.9 Å². The molecule has 11 nitrogen and oxygen atoms in total. The van der Waals surface area contributed by atoms with Crippen molar-refractivity contribution < 1.29 is 17.6 Å². The van der Waals surface area contributed by atoms with E-state index in [0.29, 0.717) is 62.7 Å². The van der Waals surface area contributed by atoms with Crippen LogP contribution in [-0.4, -0.2) is 72.3 Å². The molecule has 0 radical (unpaired) electrons. The van der Waals surface area contributed by atoms with E-state index in [4.69, 9.17) is 15.8 Å². The molecule has 1 amide bonds. The van der Waals surface area contributed by atoms with Crippen LogP contribution < -0.4 is 20.7 Å². The average molecular weight is 545 g/mol. The molecule has 2 aromatic heterocycles. The summed E-state index contributed by atoms with van der Waals surface area (Å²) in [5.74, 6) is 0.187. The van der Waals surface area contributed by atoms with Crippen LogP contribution >= 0.6 is 0 Å². The van der Waals surface area contributed by atoms with Gasteiger partial charge in [0.15, 0.2) is 5.65 Å². The highest BCUT2D eigenvalue weighted by molar-refractivity contribution is 7.92. The number of halogens is 1. The number of fused-ring (bicyclic) bond motifs is 4. The molecule has 2 aliphatic heterocycles. The Bertz CT molecular complexity index is 1440. The number of nitrogens with one attached hydrogen (secondary N) is 2. The summed E-state index contributed by atoms with van der Waals surface area (Å²) in [5.41, 5.74) is 7.05. The van der Waals surface area contributed by atoms with Gasteiger partial charge in [-0.15, -0.1) is 0 Å². The Hall–Kier alpha value is -3.45. The van der Waals surface area contributed by atoms with Crippen LogP contribution in [-0.2, 0) is 10.0 Å². The highest BCUT2D eigenvalue weighted by Gasteiger charge is 2.33. The average Bonchev–Trinajstić information content (AvgIpc) is 3.34. The number of aromatic nitrogens is 3. The van der Waals surface area contributed by atoms with Gasteiger partial charge < -0.3 is 20.9 Å². The quantitative estimate of drug-likeness (QED) is 0.456. The van der Waals surface area contributed by atoms with Crippen LogP contribution in [0.4, 0.5) is 21.7 Å². The van der Waals surface area contributed by atoms with Gasteiger partial charge >= 0.3 is 0 Å². The summed E-state index contributed by atoms with van der Waals surface area (Å²) in [4.78, 5) is 22.3. The number of anilines is 3. The van der Waals surface area contributed by atoms with E-state index in [1.165, 1.54) is 6.07 Å². The molecule has 38 heavy (non-hydrogen) atoms. The summed E-state index contributed by atoms with van der Waals surface area (Å²) < 4.78 is 44.6. The lowest BCUT2D eigenvalue weighted by atomic mass is 9.98. The van der Waals surface area contributed by atoms with Crippen molar-refractivity contribution in [2.45, 2.75) is 38.6 Å². The summed E-state index contributed by atoms with van der Waals surface area (Å²) in [7, 11) is -3.80. The second-order valence-electron chi connectivity index (χ2n) is 9.61. The van der Waals surface area contributed by atoms with E-state index in [2.05, 4.69) is 14.9 Å². The van der Waals surface area contributed by atoms with Gasteiger partial charge in [-0.1, -0.05) is 0 Å². The maximum Gasteiger partial charge on any atom is 0.256 e. The topological polar surface area (TPSA) is 138 Å². The number of hydrogen-bond acceptors (Lipinski definition) is 8. The van der Waals surface area contributed by atoms with E-state index in [9.17, 15) is 17.6 Å². The van der Waals surface area contributed by atoms with Gasteiger partial charge in [0.2, 0.25) is 10.0 Å². The van der Waals surface area contributed by atoms with E-state index in [1.807, 2.05) is 19.1 Å². The van der Waals surface area contributed by atoms with Gasteiger partial charge in [-0.3, -0.25) is 9.52 Å². The van der Waals surface area contributed by atoms with Crippen LogP contribution in [0.25, 0.3) is 5.65 Å². The molecule has 204 valence electrons. The fourth-order valence-corrected chi connectivity index (χ4v) is 6.30. The van der Waals surface area contributed by atoms with E-state index >= 15 is 0 Å². The molecule has 0 aliphatic carbocycles. The smallest absolute Gasteiger partial charge is 0.256 e. The summed E-state index contributed by atoms with van der Waals surface area (Å²) in [6.07, 6.45) is 2.69. The van der Waals surface area contributed by atoms with Crippen LogP contribution in [0.5, 0.6) is 0 Å². The van der Waals surface area contributed by atoms with E-state index in [0.717, 1.165) is 30.8 Å². The number of rotatable bonds is 4. The molecular formula is C25H33FN8O3S. The number of benzene rings is 1. The van der Waals surface area contributed by atoms with Crippen molar-refractivity contribution >= 4 is 38.9 Å². The van der Waals surface area contributed by atoms with Crippen molar-refractivity contribution in [3.05, 3.63) is 47.4 Å². The number of nitrogens with two attached hydrogens (primary N) is 1. The molecule has 1 fully saturated rings. The molecule has 0 saturated carbocycles. The van der Waals surface area contributed by atoms with Gasteiger partial charge in [0.25, 0.3) is 5.91 Å². The monoisotopic (exact) mass is 544 g/mol. The molecule has 1 saturated heterocycles. The molecule has 4 heterocycles. The largest absolute Gasteiger partial charge is 0.369 e. The van der Waals surface area contributed by atoms with Gasteiger partial charge in [0.1, 0.15) is 17.5 Å². The highest BCUT2D eigenvalue weighted by atomic mass is 32.2. The zero-order valence-corrected chi connectivity index (χ0v) is 22.2. The Morgan fingerprint density at radius 3 is 2.82 bits per heavy atom. The Kier molecular flexibility index (Phi) is 7.39. The van der Waals surface area contributed by atoms with Gasteiger partial charge in [-0.25, -0.2) is 17.8 Å². The number of carbonyl (C=O) groups excluding carboxylic acids is 1. The Morgan fingerprint density at radius 2 is 2.03 bits per heavy atom. The number of sulfonamides is 1. The lowest BCUT2D eigenvalue weighted by Gasteiger charge is -2.35. The Morgan fingerprint density at radius 1 is 1.18 bits per heavy atom. The van der Waals surface area contributed by atoms with Crippen LogP contribution in [0, 0.1) is 5.82 Å². The third-order valence-corrected chi connectivity index (χ3v) is 8.36. The maximum absolute atomic E-state index is 14.3. The fourth-order valence-electron chi connectivity index (χ4n) is 5.17. The molecule has 2 bridgehead atoms. The SMILES string of the molecule is CCN1CCCS(=O)(=O)Nc2ccc(F)cc2C(=O)N2CCCCC2c2cc3nc(NCCN)cc1n3n2. The highest BCUT2D eigenvalue weighted by Crippen LogP contribution is 2.34. The molecule has 2 aliphatic rings. The predicted molar refractivity (Wildman–Crippen MR) is 144 cm³/mol. The first kappa shape index (κ1) is 26.2. The van der Waals surface area contributed by atoms with Crippen LogP contribution in [0.2, 0.25) is 0 Å². The second-order valence-corrected chi connectivity index (χ2v) is 11.5. The Balaban J connectivity index is 1.67. The molecule has 1 atom stereocenters. The van der Waals surface area contributed by atoms with Crippen LogP contribution in [0.15, 0.2) is 30.3 Å². The normalized spacial score (nSPS) is 19.9. The molecule has 3 aromatic rings. The summed E-state index contributed by atoms with van der Waals surface area (Å²) in [6.45, 7) is 4.50. The van der Waals surface area contributed by atoms with Crippen LogP contribution in [0.1, 0.15) is 54.7 Å². The molecular weight excluding hydrogens is 511 g/mol. The molecule has 1 aromatic carbocycles. The number of carbonyl (C=O) groups is 1. The third-order valence-electron chi connectivity index (χ3n) is 7.01. The molecule has 1 unspecified atom stereocenters. The number of amides is 1. The Labute approximate surface area is 221 Å². The summed E-state index contributed by atoms with van der Waals surface area (Å²) >= 11 is 0. The second kappa shape index (κ2) is 10.7. The zero-order valence-electron chi connectivity index (χ0n) is 21.4. The van der Waals surface area contributed by atoms with E-state index in [-0.39, 0.29) is 23.0 Å². The lowest BCUT2D eigenvalue weighted by Crippen LogP contribution is -2.39. The van der Waals surface area contributed by atoms with E-state index in [1.54, 1.807) is 9.42 Å². The van der Waals surface area contributed by atoms with Gasteiger partial charge in [-0.2, -0.15) is 9.61 Å². The first-order valence-corrected chi connectivity index (χ1v) is 14.7. The molecule has 0 spiro atoms. The first-order valence-electron chi connectivity index (χ1n) is 13.0. The summed E-state index contributed by atoms with van der Waals surface area (Å²) in [6, 6.07) is 6.98.